The minimum absolute atomic E-state index is 0.131. The molecule has 2 aromatic heterocycles. The number of nitrogens with zero attached hydrogens (tertiary/aromatic N) is 1. The molecule has 4 nitrogen and oxygen atoms in total. The van der Waals surface area contributed by atoms with Gasteiger partial charge < -0.3 is 11.1 Å². The molecule has 0 atom stereocenters. The normalized spacial score (nSPS) is 11.9. The van der Waals surface area contributed by atoms with Crippen molar-refractivity contribution in [3.05, 3.63) is 64.5 Å². The Kier molecular flexibility index (Phi) is 4.23. The number of nitrogens with one attached hydrogen (secondary N) is 1. The summed E-state index contributed by atoms with van der Waals surface area (Å²) in [6.45, 7) is 1.96. The van der Waals surface area contributed by atoms with Crippen molar-refractivity contribution in [1.82, 2.24) is 4.98 Å². The number of nitrogens with two attached hydrogens (primary N) is 1. The number of carbonyl (C=O) groups is 1. The van der Waals surface area contributed by atoms with Gasteiger partial charge >= 0.3 is 6.18 Å². The first-order valence-electron chi connectivity index (χ1n) is 8.31. The second kappa shape index (κ2) is 6.49. The summed E-state index contributed by atoms with van der Waals surface area (Å²) in [5, 5.41) is 3.82. The smallest absolute Gasteiger partial charge is 0.397 e. The third kappa shape index (κ3) is 3.16. The third-order valence-corrected chi connectivity index (χ3v) is 5.47. The molecule has 0 aliphatic rings. The van der Waals surface area contributed by atoms with Crippen molar-refractivity contribution >= 4 is 49.7 Å². The van der Waals surface area contributed by atoms with Crippen LogP contribution in [-0.2, 0) is 6.18 Å². The number of para-hydroxylation sites is 1. The maximum absolute atomic E-state index is 13.2. The SMILES string of the molecule is Cc1ccc2nc3sc(C(=O)Nc4ccccc4C(F)(F)F)c(N)c3cc2c1. The standard InChI is InChI=1S/C20H14F3N3OS/c1-10-6-7-14-11(8-10)9-12-16(24)17(28-19(12)26-14)18(27)25-15-5-3-2-4-13(15)20(21,22)23/h2-9H,24H2,1H3,(H,25,27). The van der Waals surface area contributed by atoms with Crippen LogP contribution in [0.5, 0.6) is 0 Å². The lowest BCUT2D eigenvalue weighted by Crippen LogP contribution is -2.16. The van der Waals surface area contributed by atoms with E-state index in [1.807, 2.05) is 31.2 Å². The molecule has 0 aliphatic heterocycles. The molecule has 8 heteroatoms. The zero-order valence-electron chi connectivity index (χ0n) is 14.6. The molecule has 2 heterocycles. The van der Waals surface area contributed by atoms with Crippen LogP contribution in [0.25, 0.3) is 21.1 Å². The highest BCUT2D eigenvalue weighted by Gasteiger charge is 2.34. The van der Waals surface area contributed by atoms with Crippen LogP contribution in [0, 0.1) is 6.92 Å². The predicted octanol–water partition coefficient (Wildman–Crippen LogP) is 5.61. The molecule has 0 aliphatic carbocycles. The summed E-state index contributed by atoms with van der Waals surface area (Å²) in [6, 6.07) is 12.4. The number of rotatable bonds is 2. The molecular weight excluding hydrogens is 387 g/mol. The number of hydrogen-bond acceptors (Lipinski definition) is 4. The summed E-state index contributed by atoms with van der Waals surface area (Å²) >= 11 is 1.05. The lowest BCUT2D eigenvalue weighted by Gasteiger charge is -2.13. The molecule has 0 fully saturated rings. The Morgan fingerprint density at radius 3 is 2.64 bits per heavy atom. The van der Waals surface area contributed by atoms with Crippen LogP contribution < -0.4 is 11.1 Å². The van der Waals surface area contributed by atoms with Gasteiger partial charge in [-0.3, -0.25) is 4.79 Å². The number of halogens is 3. The zero-order valence-corrected chi connectivity index (χ0v) is 15.4. The highest BCUT2D eigenvalue weighted by Crippen LogP contribution is 2.37. The van der Waals surface area contributed by atoms with Gasteiger partial charge in [-0.1, -0.05) is 23.8 Å². The number of pyridine rings is 1. The van der Waals surface area contributed by atoms with E-state index in [1.54, 1.807) is 0 Å². The predicted molar refractivity (Wildman–Crippen MR) is 106 cm³/mol. The van der Waals surface area contributed by atoms with Crippen LogP contribution in [0.4, 0.5) is 24.5 Å². The summed E-state index contributed by atoms with van der Waals surface area (Å²) < 4.78 is 39.5. The number of nitrogen functional groups attached to an aromatic ring is 1. The Morgan fingerprint density at radius 1 is 1.14 bits per heavy atom. The molecule has 142 valence electrons. The first-order chi connectivity index (χ1) is 13.2. The van der Waals surface area contributed by atoms with Gasteiger partial charge in [0.25, 0.3) is 5.91 Å². The van der Waals surface area contributed by atoms with Crippen LogP contribution in [0.2, 0.25) is 0 Å². The number of benzene rings is 2. The molecular formula is C20H14F3N3OS. The average Bonchev–Trinajstić information content (AvgIpc) is 2.95. The number of aryl methyl sites for hydroxylation is 1. The van der Waals surface area contributed by atoms with Gasteiger partial charge in [-0.15, -0.1) is 11.3 Å². The van der Waals surface area contributed by atoms with Crippen LogP contribution in [0.15, 0.2) is 48.5 Å². The van der Waals surface area contributed by atoms with Gasteiger partial charge in [0, 0.05) is 10.8 Å². The maximum Gasteiger partial charge on any atom is 0.418 e. The Bertz CT molecular complexity index is 1230. The van der Waals surface area contributed by atoms with Gasteiger partial charge in [0.05, 0.1) is 22.5 Å². The Hall–Kier alpha value is -3.13. The van der Waals surface area contributed by atoms with Crippen molar-refractivity contribution in [1.29, 1.82) is 0 Å². The fourth-order valence-corrected chi connectivity index (χ4v) is 3.99. The fraction of sp³-hybridized carbons (Fsp3) is 0.100. The number of alkyl halides is 3. The lowest BCUT2D eigenvalue weighted by atomic mass is 10.1. The molecule has 0 saturated heterocycles. The van der Waals surface area contributed by atoms with Crippen LogP contribution in [0.1, 0.15) is 20.8 Å². The molecule has 28 heavy (non-hydrogen) atoms. The number of fused-ring (bicyclic) bond motifs is 2. The van der Waals surface area contributed by atoms with Gasteiger partial charge in [0.2, 0.25) is 0 Å². The molecule has 1 amide bonds. The summed E-state index contributed by atoms with van der Waals surface area (Å²) in [6.07, 6.45) is -4.58. The van der Waals surface area contributed by atoms with Gasteiger partial charge in [-0.25, -0.2) is 4.98 Å². The molecule has 4 rings (SSSR count). The average molecular weight is 401 g/mol. The number of amides is 1. The lowest BCUT2D eigenvalue weighted by molar-refractivity contribution is -0.136. The van der Waals surface area contributed by atoms with Gasteiger partial charge in [-0.2, -0.15) is 13.2 Å². The zero-order chi connectivity index (χ0) is 20.1. The Morgan fingerprint density at radius 2 is 1.89 bits per heavy atom. The first-order valence-corrected chi connectivity index (χ1v) is 9.12. The minimum Gasteiger partial charge on any atom is -0.397 e. The molecule has 0 saturated carbocycles. The van der Waals surface area contributed by atoms with E-state index in [0.29, 0.717) is 10.2 Å². The molecule has 0 spiro atoms. The number of hydrogen-bond donors (Lipinski definition) is 2. The molecule has 4 aromatic rings. The van der Waals surface area contributed by atoms with Gasteiger partial charge in [-0.05, 0) is 37.3 Å². The van der Waals surface area contributed by atoms with E-state index in [1.165, 1.54) is 18.2 Å². The summed E-state index contributed by atoms with van der Waals surface area (Å²) in [7, 11) is 0. The molecule has 0 radical (unpaired) electrons. The van der Waals surface area contributed by atoms with E-state index < -0.39 is 17.6 Å². The Labute approximate surface area is 161 Å². The van der Waals surface area contributed by atoms with E-state index in [9.17, 15) is 18.0 Å². The molecule has 3 N–H and O–H groups in total. The monoisotopic (exact) mass is 401 g/mol. The quantitative estimate of drug-likeness (QED) is 0.459. The highest BCUT2D eigenvalue weighted by molar-refractivity contribution is 7.21. The largest absolute Gasteiger partial charge is 0.418 e. The number of anilines is 2. The van der Waals surface area contributed by atoms with E-state index in [2.05, 4.69) is 10.3 Å². The summed E-state index contributed by atoms with van der Waals surface area (Å²) in [4.78, 5) is 17.9. The van der Waals surface area contributed by atoms with E-state index in [-0.39, 0.29) is 16.3 Å². The summed E-state index contributed by atoms with van der Waals surface area (Å²) in [5.41, 5.74) is 6.93. The fourth-order valence-electron chi connectivity index (χ4n) is 3.01. The van der Waals surface area contributed by atoms with Gasteiger partial charge in [0.15, 0.2) is 0 Å². The van der Waals surface area contributed by atoms with Crippen molar-refractivity contribution in [2.75, 3.05) is 11.1 Å². The van der Waals surface area contributed by atoms with E-state index in [4.69, 9.17) is 5.73 Å². The van der Waals surface area contributed by atoms with Crippen LogP contribution >= 0.6 is 11.3 Å². The molecule has 0 unspecified atom stereocenters. The third-order valence-electron chi connectivity index (χ3n) is 4.36. The molecule has 0 bridgehead atoms. The van der Waals surface area contributed by atoms with E-state index >= 15 is 0 Å². The maximum atomic E-state index is 13.2. The summed E-state index contributed by atoms with van der Waals surface area (Å²) in [5.74, 6) is -0.697. The van der Waals surface area contributed by atoms with Gasteiger partial charge in [0.1, 0.15) is 9.71 Å². The van der Waals surface area contributed by atoms with Crippen molar-refractivity contribution in [3.8, 4) is 0 Å². The van der Waals surface area contributed by atoms with Crippen molar-refractivity contribution in [3.63, 3.8) is 0 Å². The highest BCUT2D eigenvalue weighted by atomic mass is 32.1. The minimum atomic E-state index is -4.58. The van der Waals surface area contributed by atoms with Crippen molar-refractivity contribution < 1.29 is 18.0 Å². The first kappa shape index (κ1) is 18.2. The van der Waals surface area contributed by atoms with E-state index in [0.717, 1.165) is 33.9 Å². The topological polar surface area (TPSA) is 68.0 Å². The number of carbonyl (C=O) groups excluding carboxylic acids is 1. The second-order valence-electron chi connectivity index (χ2n) is 6.38. The van der Waals surface area contributed by atoms with Crippen LogP contribution in [-0.4, -0.2) is 10.9 Å². The molecule has 2 aromatic carbocycles. The Balaban J connectivity index is 1.76. The van der Waals surface area contributed by atoms with Crippen molar-refractivity contribution in [2.45, 2.75) is 13.1 Å². The van der Waals surface area contributed by atoms with Crippen molar-refractivity contribution in [2.24, 2.45) is 0 Å². The number of thiophene rings is 1. The van der Waals surface area contributed by atoms with Crippen LogP contribution in [0.3, 0.4) is 0 Å². The second-order valence-corrected chi connectivity index (χ2v) is 7.38. The number of aromatic nitrogens is 1.